The number of para-hydroxylation sites is 1. The van der Waals surface area contributed by atoms with Crippen molar-refractivity contribution in [3.63, 3.8) is 0 Å². The van der Waals surface area contributed by atoms with Crippen molar-refractivity contribution in [1.82, 2.24) is 15.5 Å². The van der Waals surface area contributed by atoms with Gasteiger partial charge in [0.05, 0.1) is 13.2 Å². The molecule has 0 aliphatic rings. The number of aliphatic imine (C=N–C) groups is 1. The summed E-state index contributed by atoms with van der Waals surface area (Å²) in [5.41, 5.74) is 2.10. The van der Waals surface area contributed by atoms with Gasteiger partial charge in [-0.25, -0.2) is 0 Å². The number of halogens is 1. The SMILES string of the molecule is CN=C(NCCN(C)CCOC)NCc1oc2ccccc2c1C.I. The Balaban J connectivity index is 0.00000312. The van der Waals surface area contributed by atoms with Gasteiger partial charge in [0.25, 0.3) is 0 Å². The molecule has 0 bridgehead atoms. The van der Waals surface area contributed by atoms with E-state index in [1.165, 1.54) is 5.56 Å². The van der Waals surface area contributed by atoms with Crippen molar-refractivity contribution in [1.29, 1.82) is 0 Å². The van der Waals surface area contributed by atoms with Crippen LogP contribution >= 0.6 is 24.0 Å². The number of fused-ring (bicyclic) bond motifs is 1. The molecule has 2 rings (SSSR count). The number of benzene rings is 1. The topological polar surface area (TPSA) is 62.0 Å². The second kappa shape index (κ2) is 11.3. The van der Waals surface area contributed by atoms with Crippen LogP contribution in [0.15, 0.2) is 33.7 Å². The second-order valence-corrected chi connectivity index (χ2v) is 5.80. The zero-order valence-corrected chi connectivity index (χ0v) is 17.8. The Morgan fingerprint density at radius 2 is 2.00 bits per heavy atom. The molecule has 0 fully saturated rings. The number of hydrogen-bond acceptors (Lipinski definition) is 4. The highest BCUT2D eigenvalue weighted by Gasteiger charge is 2.10. The molecule has 0 spiro atoms. The summed E-state index contributed by atoms with van der Waals surface area (Å²) in [4.78, 5) is 6.47. The van der Waals surface area contributed by atoms with E-state index in [1.54, 1.807) is 14.2 Å². The summed E-state index contributed by atoms with van der Waals surface area (Å²) in [5.74, 6) is 1.71. The van der Waals surface area contributed by atoms with E-state index in [-0.39, 0.29) is 24.0 Å². The zero-order chi connectivity index (χ0) is 17.4. The average Bonchev–Trinajstić information content (AvgIpc) is 2.92. The van der Waals surface area contributed by atoms with E-state index >= 15 is 0 Å². The van der Waals surface area contributed by atoms with Crippen LogP contribution in [0, 0.1) is 6.92 Å². The third-order valence-corrected chi connectivity index (χ3v) is 4.05. The largest absolute Gasteiger partial charge is 0.459 e. The van der Waals surface area contributed by atoms with Gasteiger partial charge in [0, 0.05) is 44.7 Å². The van der Waals surface area contributed by atoms with E-state index in [0.717, 1.165) is 48.9 Å². The highest BCUT2D eigenvalue weighted by atomic mass is 127. The maximum atomic E-state index is 5.91. The molecule has 6 nitrogen and oxygen atoms in total. The molecule has 1 aromatic carbocycles. The van der Waals surface area contributed by atoms with Crippen LogP contribution in [0.2, 0.25) is 0 Å². The van der Waals surface area contributed by atoms with Gasteiger partial charge in [-0.15, -0.1) is 24.0 Å². The minimum absolute atomic E-state index is 0. The monoisotopic (exact) mass is 460 g/mol. The van der Waals surface area contributed by atoms with E-state index in [4.69, 9.17) is 9.15 Å². The Bertz CT molecular complexity index is 672. The standard InChI is InChI=1S/C18H28N4O2.HI/c1-14-15-7-5-6-8-16(15)24-17(14)13-21-18(19-2)20-9-10-22(3)11-12-23-4;/h5-8H,9-13H2,1-4H3,(H2,19,20,21);1H. The van der Waals surface area contributed by atoms with E-state index in [2.05, 4.69) is 40.6 Å². The molecule has 0 radical (unpaired) electrons. The van der Waals surface area contributed by atoms with E-state index in [9.17, 15) is 0 Å². The summed E-state index contributed by atoms with van der Waals surface area (Å²) >= 11 is 0. The van der Waals surface area contributed by atoms with Crippen molar-refractivity contribution >= 4 is 40.9 Å². The number of furan rings is 1. The van der Waals surface area contributed by atoms with Gasteiger partial charge in [-0.05, 0) is 20.0 Å². The lowest BCUT2D eigenvalue weighted by atomic mass is 10.1. The minimum atomic E-state index is 0. The highest BCUT2D eigenvalue weighted by Crippen LogP contribution is 2.24. The van der Waals surface area contributed by atoms with Gasteiger partial charge in [0.2, 0.25) is 0 Å². The number of methoxy groups -OCH3 is 1. The Morgan fingerprint density at radius 3 is 2.68 bits per heavy atom. The molecule has 0 unspecified atom stereocenters. The fourth-order valence-corrected chi connectivity index (χ4v) is 2.50. The molecule has 0 aliphatic heterocycles. The number of likely N-dealkylation sites (N-methyl/N-ethyl adjacent to an activating group) is 1. The first-order valence-corrected chi connectivity index (χ1v) is 8.24. The summed E-state index contributed by atoms with van der Waals surface area (Å²) in [5, 5.41) is 7.79. The first kappa shape index (κ1) is 21.7. The number of nitrogens with one attached hydrogen (secondary N) is 2. The predicted octanol–water partition coefficient (Wildman–Crippen LogP) is 2.60. The van der Waals surface area contributed by atoms with Gasteiger partial charge < -0.3 is 24.7 Å². The van der Waals surface area contributed by atoms with Crippen LogP contribution in [-0.2, 0) is 11.3 Å². The number of guanidine groups is 1. The molecule has 140 valence electrons. The molecular formula is C18H29IN4O2. The average molecular weight is 460 g/mol. The molecule has 7 heteroatoms. The molecule has 0 aliphatic carbocycles. The molecule has 1 aromatic heterocycles. The number of ether oxygens (including phenoxy) is 1. The van der Waals surface area contributed by atoms with Crippen molar-refractivity contribution in [2.75, 3.05) is 47.4 Å². The number of aryl methyl sites for hydroxylation is 1. The predicted molar refractivity (Wildman–Crippen MR) is 114 cm³/mol. The number of hydrogen-bond donors (Lipinski definition) is 2. The van der Waals surface area contributed by atoms with Gasteiger partial charge in [0.1, 0.15) is 11.3 Å². The van der Waals surface area contributed by atoms with Gasteiger partial charge in [-0.2, -0.15) is 0 Å². The van der Waals surface area contributed by atoms with Crippen LogP contribution in [0.3, 0.4) is 0 Å². The first-order valence-electron chi connectivity index (χ1n) is 8.24. The Labute approximate surface area is 167 Å². The fourth-order valence-electron chi connectivity index (χ4n) is 2.50. The van der Waals surface area contributed by atoms with Crippen LogP contribution in [-0.4, -0.2) is 58.3 Å². The maximum Gasteiger partial charge on any atom is 0.191 e. The Hall–Kier alpha value is -1.32. The smallest absolute Gasteiger partial charge is 0.191 e. The molecule has 2 N–H and O–H groups in total. The molecule has 2 aromatic rings. The quantitative estimate of drug-likeness (QED) is 0.361. The third kappa shape index (κ3) is 6.48. The molecule has 0 saturated heterocycles. The van der Waals surface area contributed by atoms with Crippen LogP contribution in [0.25, 0.3) is 11.0 Å². The maximum absolute atomic E-state index is 5.91. The van der Waals surface area contributed by atoms with Gasteiger partial charge in [0.15, 0.2) is 5.96 Å². The lowest BCUT2D eigenvalue weighted by molar-refractivity contribution is 0.162. The van der Waals surface area contributed by atoms with Crippen LogP contribution in [0.1, 0.15) is 11.3 Å². The highest BCUT2D eigenvalue weighted by molar-refractivity contribution is 14.0. The summed E-state index contributed by atoms with van der Waals surface area (Å²) in [7, 11) is 5.57. The summed E-state index contributed by atoms with van der Waals surface area (Å²) in [6.45, 7) is 6.10. The molecule has 0 saturated carbocycles. The van der Waals surface area contributed by atoms with Crippen molar-refractivity contribution in [2.45, 2.75) is 13.5 Å². The Kier molecular flexibility index (Phi) is 9.84. The second-order valence-electron chi connectivity index (χ2n) is 5.80. The van der Waals surface area contributed by atoms with Gasteiger partial charge in [-0.1, -0.05) is 18.2 Å². The first-order chi connectivity index (χ1) is 11.7. The number of nitrogens with zero attached hydrogens (tertiary/aromatic N) is 2. The lowest BCUT2D eigenvalue weighted by Gasteiger charge is -2.17. The zero-order valence-electron chi connectivity index (χ0n) is 15.5. The summed E-state index contributed by atoms with van der Waals surface area (Å²) < 4.78 is 11.0. The van der Waals surface area contributed by atoms with Gasteiger partial charge >= 0.3 is 0 Å². The molecule has 0 amide bonds. The van der Waals surface area contributed by atoms with Crippen LogP contribution in [0.5, 0.6) is 0 Å². The van der Waals surface area contributed by atoms with E-state index < -0.39 is 0 Å². The summed E-state index contributed by atoms with van der Waals surface area (Å²) in [6, 6.07) is 8.10. The Morgan fingerprint density at radius 1 is 1.24 bits per heavy atom. The van der Waals surface area contributed by atoms with Crippen molar-refractivity contribution in [3.05, 3.63) is 35.6 Å². The van der Waals surface area contributed by atoms with E-state index in [0.29, 0.717) is 6.54 Å². The van der Waals surface area contributed by atoms with Crippen LogP contribution in [0.4, 0.5) is 0 Å². The van der Waals surface area contributed by atoms with Crippen molar-refractivity contribution in [2.24, 2.45) is 4.99 Å². The normalized spacial score (nSPS) is 11.6. The number of rotatable bonds is 8. The van der Waals surface area contributed by atoms with Crippen LogP contribution < -0.4 is 10.6 Å². The minimum Gasteiger partial charge on any atom is -0.459 e. The molecule has 0 atom stereocenters. The van der Waals surface area contributed by atoms with E-state index in [1.807, 2.05) is 18.2 Å². The lowest BCUT2D eigenvalue weighted by Crippen LogP contribution is -2.41. The third-order valence-electron chi connectivity index (χ3n) is 4.05. The summed E-state index contributed by atoms with van der Waals surface area (Å²) in [6.07, 6.45) is 0. The molecule has 1 heterocycles. The fraction of sp³-hybridized carbons (Fsp3) is 0.500. The van der Waals surface area contributed by atoms with Crippen molar-refractivity contribution < 1.29 is 9.15 Å². The van der Waals surface area contributed by atoms with Gasteiger partial charge in [-0.3, -0.25) is 4.99 Å². The van der Waals surface area contributed by atoms with Crippen molar-refractivity contribution in [3.8, 4) is 0 Å². The molecular weight excluding hydrogens is 431 g/mol. The molecule has 25 heavy (non-hydrogen) atoms.